The molecule has 2 fully saturated rings. The number of ether oxygens (including phenoxy) is 1. The zero-order valence-electron chi connectivity index (χ0n) is 8.03. The third-order valence-electron chi connectivity index (χ3n) is 3.36. The molecule has 68 valence electrons. The zero-order valence-corrected chi connectivity index (χ0v) is 7.03. The monoisotopic (exact) mass is 179 g/mol. The predicted molar refractivity (Wildman–Crippen MR) is 43.4 cm³/mol. The van der Waals surface area contributed by atoms with Crippen LogP contribution in [0.5, 0.6) is 0 Å². The molecule has 1 heterocycles. The fourth-order valence-corrected chi connectivity index (χ4v) is 2.74. The van der Waals surface area contributed by atoms with Crippen molar-refractivity contribution in [1.82, 2.24) is 0 Å². The molecular formula is C10H10O3. The Morgan fingerprint density at radius 1 is 1.23 bits per heavy atom. The van der Waals surface area contributed by atoms with E-state index >= 15 is 0 Å². The van der Waals surface area contributed by atoms with Gasteiger partial charge in [0.15, 0.2) is 0 Å². The first-order valence-electron chi connectivity index (χ1n) is 5.12. The van der Waals surface area contributed by atoms with Crippen molar-refractivity contribution in [3.05, 3.63) is 12.1 Å². The minimum absolute atomic E-state index is 0.0658. The molecule has 0 radical (unpaired) electrons. The summed E-state index contributed by atoms with van der Waals surface area (Å²) in [7, 11) is 0. The molecule has 4 rings (SSSR count). The van der Waals surface area contributed by atoms with Crippen LogP contribution in [0.2, 0.25) is 0 Å². The Hall–Kier alpha value is -1.12. The van der Waals surface area contributed by atoms with Gasteiger partial charge in [-0.2, -0.15) is 0 Å². The Balaban J connectivity index is 2.08. The molecule has 0 amide bonds. The van der Waals surface area contributed by atoms with E-state index in [1.54, 1.807) is 0 Å². The molecule has 0 aromatic rings. The van der Waals surface area contributed by atoms with E-state index in [-0.39, 0.29) is 29.6 Å². The maximum atomic E-state index is 11.4. The standard InChI is InChI=1S/C10H10O3/c11-9-7-5-1-2-6(4-3-5)8(7)10(12)13-9/h1-2,5-8H,3-4H2/t5-,6+,7-,8+/i1D/m1/s1. The first kappa shape index (κ1) is 6.35. The molecule has 2 bridgehead atoms. The molecule has 4 aliphatic rings. The fourth-order valence-electron chi connectivity index (χ4n) is 2.74. The highest BCUT2D eigenvalue weighted by Gasteiger charge is 2.54. The summed E-state index contributed by atoms with van der Waals surface area (Å²) >= 11 is 0. The van der Waals surface area contributed by atoms with Crippen LogP contribution in [-0.4, -0.2) is 11.9 Å². The third-order valence-corrected chi connectivity index (χ3v) is 3.36. The van der Waals surface area contributed by atoms with Crippen LogP contribution in [0.3, 0.4) is 0 Å². The van der Waals surface area contributed by atoms with Gasteiger partial charge in [-0.25, -0.2) is 0 Å². The Morgan fingerprint density at radius 2 is 1.85 bits per heavy atom. The van der Waals surface area contributed by atoms with Crippen LogP contribution in [0.25, 0.3) is 0 Å². The van der Waals surface area contributed by atoms with E-state index in [4.69, 9.17) is 1.37 Å². The van der Waals surface area contributed by atoms with Gasteiger partial charge in [-0.1, -0.05) is 12.1 Å². The molecule has 0 aromatic heterocycles. The van der Waals surface area contributed by atoms with Gasteiger partial charge in [-0.15, -0.1) is 0 Å². The smallest absolute Gasteiger partial charge is 0.318 e. The molecule has 0 unspecified atom stereocenters. The molecule has 1 saturated heterocycles. The number of rotatable bonds is 0. The molecule has 1 saturated carbocycles. The molecule has 13 heavy (non-hydrogen) atoms. The molecular weight excluding hydrogens is 168 g/mol. The number of fused-ring (bicyclic) bond motifs is 1. The summed E-state index contributed by atoms with van der Waals surface area (Å²) in [6, 6.07) is 0.522. The van der Waals surface area contributed by atoms with Gasteiger partial charge < -0.3 is 4.74 Å². The largest absolute Gasteiger partial charge is 0.393 e. The first-order valence-corrected chi connectivity index (χ1v) is 4.62. The maximum Gasteiger partial charge on any atom is 0.318 e. The number of hydrogen-bond acceptors (Lipinski definition) is 3. The number of esters is 2. The topological polar surface area (TPSA) is 43.4 Å². The van der Waals surface area contributed by atoms with Gasteiger partial charge in [-0.05, 0) is 24.7 Å². The van der Waals surface area contributed by atoms with Crippen molar-refractivity contribution < 1.29 is 15.7 Å². The summed E-state index contributed by atoms with van der Waals surface area (Å²) in [6.07, 6.45) is 3.59. The summed E-state index contributed by atoms with van der Waals surface area (Å²) in [6.45, 7) is 0. The van der Waals surface area contributed by atoms with Crippen molar-refractivity contribution in [2.75, 3.05) is 0 Å². The molecule has 3 heteroatoms. The molecule has 0 N–H and O–H groups in total. The van der Waals surface area contributed by atoms with Gasteiger partial charge in [-0.3, -0.25) is 9.59 Å². The highest BCUT2D eigenvalue weighted by atomic mass is 16.6. The van der Waals surface area contributed by atoms with Gasteiger partial charge in [0.05, 0.1) is 13.2 Å². The van der Waals surface area contributed by atoms with Crippen LogP contribution < -0.4 is 0 Å². The highest BCUT2D eigenvalue weighted by Crippen LogP contribution is 2.48. The van der Waals surface area contributed by atoms with Crippen molar-refractivity contribution >= 4 is 11.9 Å². The van der Waals surface area contributed by atoms with Gasteiger partial charge in [0.1, 0.15) is 0 Å². The predicted octanol–water partition coefficient (Wildman–Crippen LogP) is 0.898. The van der Waals surface area contributed by atoms with E-state index in [1.165, 1.54) is 0 Å². The molecule has 0 spiro atoms. The lowest BCUT2D eigenvalue weighted by Crippen LogP contribution is -2.38. The fraction of sp³-hybridized carbons (Fsp3) is 0.600. The van der Waals surface area contributed by atoms with E-state index in [9.17, 15) is 9.59 Å². The Labute approximate surface area is 77.2 Å². The van der Waals surface area contributed by atoms with Gasteiger partial charge in [0.25, 0.3) is 0 Å². The summed E-state index contributed by atoms with van der Waals surface area (Å²) in [5.74, 6) is -1.42. The summed E-state index contributed by atoms with van der Waals surface area (Å²) in [4.78, 5) is 22.8. The van der Waals surface area contributed by atoms with Crippen LogP contribution in [0.1, 0.15) is 14.2 Å². The lowest BCUT2D eigenvalue weighted by Gasteiger charge is -2.37. The molecule has 3 nitrogen and oxygen atoms in total. The Bertz CT molecular complexity index is 360. The second-order valence-electron chi connectivity index (χ2n) is 3.97. The van der Waals surface area contributed by atoms with E-state index in [1.807, 2.05) is 6.08 Å². The van der Waals surface area contributed by atoms with Gasteiger partial charge in [0, 0.05) is 0 Å². The van der Waals surface area contributed by atoms with Gasteiger partial charge >= 0.3 is 11.9 Å². The number of carbonyl (C=O) groups is 2. The first-order chi connectivity index (χ1) is 6.68. The second kappa shape index (κ2) is 2.22. The van der Waals surface area contributed by atoms with Crippen LogP contribution in [0.15, 0.2) is 12.1 Å². The summed E-state index contributed by atoms with van der Waals surface area (Å²) in [5.41, 5.74) is 0. The minimum atomic E-state index is -0.410. The summed E-state index contributed by atoms with van der Waals surface area (Å²) < 4.78 is 12.4. The molecule has 0 aromatic carbocycles. The second-order valence-corrected chi connectivity index (χ2v) is 3.97. The average Bonchev–Trinajstić information content (AvgIpc) is 2.45. The average molecular weight is 179 g/mol. The Kier molecular flexibility index (Phi) is 1.08. The van der Waals surface area contributed by atoms with E-state index in [0.717, 1.165) is 12.8 Å². The van der Waals surface area contributed by atoms with E-state index in [0.29, 0.717) is 6.05 Å². The van der Waals surface area contributed by atoms with Crippen molar-refractivity contribution in [3.8, 4) is 0 Å². The normalized spacial score (nSPS) is 48.3. The van der Waals surface area contributed by atoms with Crippen LogP contribution >= 0.6 is 0 Å². The number of hydrogen-bond donors (Lipinski definition) is 0. The highest BCUT2D eigenvalue weighted by molar-refractivity contribution is 5.97. The quantitative estimate of drug-likeness (QED) is 0.315. The van der Waals surface area contributed by atoms with Crippen LogP contribution in [0.4, 0.5) is 0 Å². The van der Waals surface area contributed by atoms with E-state index in [2.05, 4.69) is 4.74 Å². The summed E-state index contributed by atoms with van der Waals surface area (Å²) in [5, 5.41) is 0. The molecule has 4 atom stereocenters. The Morgan fingerprint density at radius 3 is 2.54 bits per heavy atom. The van der Waals surface area contributed by atoms with Gasteiger partial charge in [0.2, 0.25) is 0 Å². The molecule has 3 aliphatic carbocycles. The van der Waals surface area contributed by atoms with E-state index < -0.39 is 5.97 Å². The van der Waals surface area contributed by atoms with Crippen molar-refractivity contribution in [3.63, 3.8) is 0 Å². The number of cyclic esters (lactones) is 2. The zero-order chi connectivity index (χ0) is 9.87. The lowest BCUT2D eigenvalue weighted by molar-refractivity contribution is -0.154. The third kappa shape index (κ3) is 0.794. The number of carbonyl (C=O) groups excluding carboxylic acids is 2. The van der Waals surface area contributed by atoms with Crippen LogP contribution in [-0.2, 0) is 14.3 Å². The molecule has 1 aliphatic heterocycles. The van der Waals surface area contributed by atoms with Crippen molar-refractivity contribution in [1.29, 1.82) is 0 Å². The van der Waals surface area contributed by atoms with Crippen molar-refractivity contribution in [2.45, 2.75) is 12.8 Å². The maximum absolute atomic E-state index is 11.4. The van der Waals surface area contributed by atoms with Crippen molar-refractivity contribution in [2.24, 2.45) is 23.7 Å². The minimum Gasteiger partial charge on any atom is -0.393 e. The van der Waals surface area contributed by atoms with Crippen LogP contribution in [0, 0.1) is 23.7 Å². The lowest BCUT2D eigenvalue weighted by atomic mass is 9.63. The SMILES string of the molecule is [2H]C1=C[C@H]2CC[C@@H]1[C@H]1C(=O)OC(=O)[C@H]12. The number of allylic oxidation sites excluding steroid dienone is 2.